The minimum Gasteiger partial charge on any atom is -0.474 e. The largest absolute Gasteiger partial charge is 0.474 e. The van der Waals surface area contributed by atoms with Crippen molar-refractivity contribution in [1.29, 1.82) is 0 Å². The lowest BCUT2D eigenvalue weighted by Gasteiger charge is -2.37. The highest BCUT2D eigenvalue weighted by Gasteiger charge is 2.45. The number of imide groups is 2. The Bertz CT molecular complexity index is 2240. The average Bonchev–Trinajstić information content (AvgIpc) is 3.65. The van der Waals surface area contributed by atoms with Crippen LogP contribution >= 0.6 is 0 Å². The number of pyridine rings is 2. The highest BCUT2D eigenvalue weighted by atomic mass is 16.5. The first-order chi connectivity index (χ1) is 25.9. The van der Waals surface area contributed by atoms with E-state index >= 15 is 0 Å². The number of piperazine rings is 1. The molecule has 1 saturated carbocycles. The van der Waals surface area contributed by atoms with E-state index in [2.05, 4.69) is 48.3 Å². The third kappa shape index (κ3) is 6.40. The van der Waals surface area contributed by atoms with Gasteiger partial charge in [0.15, 0.2) is 0 Å². The van der Waals surface area contributed by atoms with Gasteiger partial charge in [0.2, 0.25) is 17.7 Å². The van der Waals surface area contributed by atoms with Crippen LogP contribution in [0.4, 0.5) is 5.69 Å². The Labute approximate surface area is 305 Å². The second-order valence-electron chi connectivity index (χ2n) is 14.3. The molecule has 3 aliphatic heterocycles. The molecule has 4 aliphatic rings. The number of rotatable bonds is 10. The van der Waals surface area contributed by atoms with Gasteiger partial charge in [-0.05, 0) is 54.8 Å². The number of fused-ring (bicyclic) bond motifs is 4. The fraction of sp³-hybridized carbons (Fsp3) is 0.350. The summed E-state index contributed by atoms with van der Waals surface area (Å²) in [7, 11) is 0. The number of H-pyrrole nitrogens is 1. The van der Waals surface area contributed by atoms with E-state index in [-0.39, 0.29) is 31.0 Å². The summed E-state index contributed by atoms with van der Waals surface area (Å²) in [6.45, 7) is 5.00. The predicted molar refractivity (Wildman–Crippen MR) is 197 cm³/mol. The van der Waals surface area contributed by atoms with Gasteiger partial charge in [-0.3, -0.25) is 39.3 Å². The number of nitrogens with zero attached hydrogens (tertiary/aromatic N) is 5. The molecule has 0 spiro atoms. The van der Waals surface area contributed by atoms with Crippen molar-refractivity contribution in [1.82, 2.24) is 30.1 Å². The second kappa shape index (κ2) is 13.7. The van der Waals surface area contributed by atoms with Crippen molar-refractivity contribution >= 4 is 51.1 Å². The Morgan fingerprint density at radius 2 is 1.62 bits per heavy atom. The lowest BCUT2D eigenvalue weighted by atomic mass is 9.92. The summed E-state index contributed by atoms with van der Waals surface area (Å²) in [5.41, 5.74) is 5.76. The van der Waals surface area contributed by atoms with Crippen molar-refractivity contribution in [3.8, 4) is 17.0 Å². The van der Waals surface area contributed by atoms with Crippen LogP contribution in [0.3, 0.4) is 0 Å². The van der Waals surface area contributed by atoms with Gasteiger partial charge in [0.1, 0.15) is 12.1 Å². The minimum atomic E-state index is -0.964. The third-order valence-corrected chi connectivity index (χ3v) is 10.9. The number of ether oxygens (including phenoxy) is 2. The summed E-state index contributed by atoms with van der Waals surface area (Å²) in [6.07, 6.45) is 8.75. The molecule has 53 heavy (non-hydrogen) atoms. The molecule has 3 fully saturated rings. The Hall–Kier alpha value is -5.66. The number of carbonyl (C=O) groups is 4. The van der Waals surface area contributed by atoms with Crippen LogP contribution in [-0.4, -0.2) is 106 Å². The number of benzene rings is 2. The number of amides is 4. The summed E-state index contributed by atoms with van der Waals surface area (Å²) in [4.78, 5) is 68.2. The van der Waals surface area contributed by atoms with E-state index < -0.39 is 23.8 Å². The van der Waals surface area contributed by atoms with Crippen molar-refractivity contribution < 1.29 is 28.7 Å². The second-order valence-corrected chi connectivity index (χ2v) is 14.3. The SMILES string of the molecule is O=C1CCC(N2C(=O)c3ccc(N4CCN(CCCO[C@H]5C[C@H](Oc6ccc(-c7ccc8c(c7)[nH]c7ccncc78)cn6)C5)CC4)cc3C2=O)C(=O)N1. The van der Waals surface area contributed by atoms with Gasteiger partial charge in [0.05, 0.1) is 17.2 Å². The van der Waals surface area contributed by atoms with Crippen molar-refractivity contribution in [2.24, 2.45) is 0 Å². The van der Waals surface area contributed by atoms with Crippen LogP contribution in [-0.2, 0) is 14.3 Å². The fourth-order valence-electron chi connectivity index (χ4n) is 7.89. The number of piperidine rings is 1. The highest BCUT2D eigenvalue weighted by molar-refractivity contribution is 6.23. The molecule has 2 N–H and O–H groups in total. The Morgan fingerprint density at radius 1 is 0.792 bits per heavy atom. The normalized spacial score (nSPS) is 22.0. The Balaban J connectivity index is 0.689. The van der Waals surface area contributed by atoms with Crippen molar-refractivity contribution in [2.45, 2.75) is 50.4 Å². The molecule has 1 atom stereocenters. The van der Waals surface area contributed by atoms with E-state index in [4.69, 9.17) is 9.47 Å². The molecular weight excluding hydrogens is 674 g/mol. The van der Waals surface area contributed by atoms with E-state index in [9.17, 15) is 19.2 Å². The molecule has 270 valence electrons. The van der Waals surface area contributed by atoms with Crippen LogP contribution < -0.4 is 15.0 Å². The molecule has 5 aromatic rings. The van der Waals surface area contributed by atoms with Crippen molar-refractivity contribution in [3.05, 3.63) is 84.3 Å². The van der Waals surface area contributed by atoms with E-state index in [1.807, 2.05) is 36.7 Å². The number of hydrogen-bond acceptors (Lipinski definition) is 10. The minimum absolute atomic E-state index is 0.0981. The molecule has 13 nitrogen and oxygen atoms in total. The van der Waals surface area contributed by atoms with Crippen LogP contribution in [0.2, 0.25) is 0 Å². The van der Waals surface area contributed by atoms with Gasteiger partial charge < -0.3 is 19.4 Å². The monoisotopic (exact) mass is 713 g/mol. The topological polar surface area (TPSA) is 150 Å². The van der Waals surface area contributed by atoms with Gasteiger partial charge in [-0.2, -0.15) is 0 Å². The van der Waals surface area contributed by atoms with E-state index in [0.29, 0.717) is 23.6 Å². The molecule has 1 aliphatic carbocycles. The highest BCUT2D eigenvalue weighted by Crippen LogP contribution is 2.33. The van der Waals surface area contributed by atoms with Crippen LogP contribution in [0, 0.1) is 0 Å². The molecule has 2 saturated heterocycles. The first kappa shape index (κ1) is 33.2. The van der Waals surface area contributed by atoms with Crippen LogP contribution in [0.5, 0.6) is 5.88 Å². The third-order valence-electron chi connectivity index (χ3n) is 10.9. The number of aromatic nitrogens is 3. The lowest BCUT2D eigenvalue weighted by molar-refractivity contribution is -0.136. The number of nitrogens with one attached hydrogen (secondary N) is 2. The number of carbonyl (C=O) groups excluding carboxylic acids is 4. The van der Waals surface area contributed by atoms with E-state index in [1.54, 1.807) is 18.3 Å². The summed E-state index contributed by atoms with van der Waals surface area (Å²) in [5, 5.41) is 4.51. The molecule has 2 aromatic carbocycles. The summed E-state index contributed by atoms with van der Waals surface area (Å²) < 4.78 is 12.3. The first-order valence-electron chi connectivity index (χ1n) is 18.3. The Morgan fingerprint density at radius 3 is 2.43 bits per heavy atom. The Kier molecular flexibility index (Phi) is 8.59. The standard InChI is InChI=1S/C40H39N7O6/c48-36-8-7-35(38(49)44-36)47-39(50)30-6-4-26(19-31(30)40(47)51)46-15-13-45(14-16-46)12-1-17-52-27-20-28(21-27)53-37-9-3-25(22-42-37)24-2-5-29-32-23-41-11-10-33(32)43-34(29)18-24/h2-6,9-11,18-19,22-23,27-28,35,43H,1,7-8,12-17,20-21H2,(H,44,48,49)/t27-,28-,35?. The molecular formula is C40H39N7O6. The molecule has 0 radical (unpaired) electrons. The molecule has 13 heteroatoms. The van der Waals surface area contributed by atoms with Crippen LogP contribution in [0.15, 0.2) is 73.2 Å². The van der Waals surface area contributed by atoms with E-state index in [0.717, 1.165) is 95.5 Å². The summed E-state index contributed by atoms with van der Waals surface area (Å²) in [5.74, 6) is -1.33. The zero-order valence-electron chi connectivity index (χ0n) is 29.1. The predicted octanol–water partition coefficient (Wildman–Crippen LogP) is 4.32. The lowest BCUT2D eigenvalue weighted by Crippen LogP contribution is -2.54. The number of aromatic amines is 1. The number of hydrogen-bond donors (Lipinski definition) is 2. The fourth-order valence-corrected chi connectivity index (χ4v) is 7.89. The molecule has 3 aromatic heterocycles. The van der Waals surface area contributed by atoms with Crippen LogP contribution in [0.1, 0.15) is 52.8 Å². The summed E-state index contributed by atoms with van der Waals surface area (Å²) >= 11 is 0. The van der Waals surface area contributed by atoms with Gasteiger partial charge >= 0.3 is 0 Å². The van der Waals surface area contributed by atoms with Crippen molar-refractivity contribution in [3.63, 3.8) is 0 Å². The molecule has 1 unspecified atom stereocenters. The first-order valence-corrected chi connectivity index (χ1v) is 18.3. The van der Waals surface area contributed by atoms with Crippen LogP contribution in [0.25, 0.3) is 32.9 Å². The number of anilines is 1. The molecule has 0 bridgehead atoms. The zero-order valence-corrected chi connectivity index (χ0v) is 29.1. The van der Waals surface area contributed by atoms with Gasteiger partial charge in [-0.15, -0.1) is 0 Å². The molecule has 9 rings (SSSR count). The zero-order chi connectivity index (χ0) is 36.1. The average molecular weight is 714 g/mol. The maximum Gasteiger partial charge on any atom is 0.262 e. The molecule has 4 amide bonds. The van der Waals surface area contributed by atoms with Gasteiger partial charge in [-0.25, -0.2) is 4.98 Å². The smallest absolute Gasteiger partial charge is 0.262 e. The van der Waals surface area contributed by atoms with Crippen molar-refractivity contribution in [2.75, 3.05) is 44.2 Å². The molecule has 6 heterocycles. The van der Waals surface area contributed by atoms with Gasteiger partial charge in [-0.1, -0.05) is 12.1 Å². The maximum absolute atomic E-state index is 13.2. The quantitative estimate of drug-likeness (QED) is 0.158. The van der Waals surface area contributed by atoms with E-state index in [1.165, 1.54) is 0 Å². The maximum atomic E-state index is 13.2. The summed E-state index contributed by atoms with van der Waals surface area (Å²) in [6, 6.07) is 16.7. The van der Waals surface area contributed by atoms with Gasteiger partial charge in [0.25, 0.3) is 11.8 Å². The van der Waals surface area contributed by atoms with Gasteiger partial charge in [0, 0.05) is 116 Å².